The SMILES string of the molecule is CC(=CCN1CCCC1)c1ccc(Oc2ccc(Br)cc2)cc1. The van der Waals surface area contributed by atoms with Gasteiger partial charge in [0.2, 0.25) is 0 Å². The van der Waals surface area contributed by atoms with Crippen molar-refractivity contribution in [2.45, 2.75) is 19.8 Å². The molecule has 1 saturated heterocycles. The van der Waals surface area contributed by atoms with E-state index in [0.29, 0.717) is 0 Å². The van der Waals surface area contributed by atoms with Crippen LogP contribution in [-0.4, -0.2) is 24.5 Å². The van der Waals surface area contributed by atoms with E-state index in [-0.39, 0.29) is 0 Å². The molecule has 3 heteroatoms. The van der Waals surface area contributed by atoms with Crippen LogP contribution in [0.1, 0.15) is 25.3 Å². The number of benzene rings is 2. The van der Waals surface area contributed by atoms with Crippen LogP contribution in [0.5, 0.6) is 11.5 Å². The molecule has 120 valence electrons. The Labute approximate surface area is 146 Å². The van der Waals surface area contributed by atoms with Crippen LogP contribution in [0.3, 0.4) is 0 Å². The predicted octanol–water partition coefficient (Wildman–Crippen LogP) is 5.74. The average molecular weight is 372 g/mol. The zero-order chi connectivity index (χ0) is 16.1. The summed E-state index contributed by atoms with van der Waals surface area (Å²) in [5, 5.41) is 0. The molecule has 0 saturated carbocycles. The van der Waals surface area contributed by atoms with Gasteiger partial charge >= 0.3 is 0 Å². The van der Waals surface area contributed by atoms with Crippen LogP contribution in [-0.2, 0) is 0 Å². The molecule has 0 unspecified atom stereocenters. The minimum atomic E-state index is 0.849. The molecule has 3 rings (SSSR count). The summed E-state index contributed by atoms with van der Waals surface area (Å²) in [5.41, 5.74) is 2.58. The highest BCUT2D eigenvalue weighted by Crippen LogP contribution is 2.25. The highest BCUT2D eigenvalue weighted by Gasteiger charge is 2.09. The summed E-state index contributed by atoms with van der Waals surface area (Å²) in [6.07, 6.45) is 5.01. The number of halogens is 1. The van der Waals surface area contributed by atoms with E-state index < -0.39 is 0 Å². The first kappa shape index (κ1) is 16.3. The molecule has 23 heavy (non-hydrogen) atoms. The van der Waals surface area contributed by atoms with Crippen LogP contribution < -0.4 is 4.74 Å². The van der Waals surface area contributed by atoms with Crippen molar-refractivity contribution in [2.24, 2.45) is 0 Å². The average Bonchev–Trinajstić information content (AvgIpc) is 3.09. The Morgan fingerprint density at radius 1 is 1.00 bits per heavy atom. The Kier molecular flexibility index (Phi) is 5.52. The minimum absolute atomic E-state index is 0.849. The van der Waals surface area contributed by atoms with Gasteiger partial charge in [0.25, 0.3) is 0 Å². The third-order valence-corrected chi connectivity index (χ3v) is 4.74. The zero-order valence-corrected chi connectivity index (χ0v) is 15.1. The van der Waals surface area contributed by atoms with Crippen molar-refractivity contribution in [1.29, 1.82) is 0 Å². The number of allylic oxidation sites excluding steroid dienone is 1. The maximum atomic E-state index is 5.86. The summed E-state index contributed by atoms with van der Waals surface area (Å²) in [7, 11) is 0. The second kappa shape index (κ2) is 7.80. The summed E-state index contributed by atoms with van der Waals surface area (Å²) in [5.74, 6) is 1.71. The van der Waals surface area contributed by atoms with Crippen LogP contribution in [0.4, 0.5) is 0 Å². The van der Waals surface area contributed by atoms with E-state index >= 15 is 0 Å². The maximum absolute atomic E-state index is 5.86. The van der Waals surface area contributed by atoms with Gasteiger partial charge in [0.15, 0.2) is 0 Å². The van der Waals surface area contributed by atoms with Crippen molar-refractivity contribution in [1.82, 2.24) is 4.90 Å². The Morgan fingerprint density at radius 2 is 1.57 bits per heavy atom. The Bertz CT molecular complexity index is 655. The topological polar surface area (TPSA) is 12.5 Å². The number of hydrogen-bond donors (Lipinski definition) is 0. The van der Waals surface area contributed by atoms with Crippen molar-refractivity contribution in [3.8, 4) is 11.5 Å². The van der Waals surface area contributed by atoms with Gasteiger partial charge in [-0.2, -0.15) is 0 Å². The Balaban J connectivity index is 1.61. The second-order valence-corrected chi connectivity index (χ2v) is 6.89. The highest BCUT2D eigenvalue weighted by molar-refractivity contribution is 9.10. The van der Waals surface area contributed by atoms with Crippen LogP contribution >= 0.6 is 15.9 Å². The third kappa shape index (κ3) is 4.69. The monoisotopic (exact) mass is 371 g/mol. The number of nitrogens with zero attached hydrogens (tertiary/aromatic N) is 1. The number of rotatable bonds is 5. The lowest BCUT2D eigenvalue weighted by Crippen LogP contribution is -2.18. The summed E-state index contributed by atoms with van der Waals surface area (Å²) in [6.45, 7) is 5.72. The van der Waals surface area contributed by atoms with Crippen LogP contribution in [0.25, 0.3) is 5.57 Å². The van der Waals surface area contributed by atoms with E-state index in [1.54, 1.807) is 0 Å². The normalized spacial score (nSPS) is 15.8. The van der Waals surface area contributed by atoms with Crippen molar-refractivity contribution < 1.29 is 4.74 Å². The van der Waals surface area contributed by atoms with Gasteiger partial charge in [0.05, 0.1) is 0 Å². The van der Waals surface area contributed by atoms with E-state index in [1.165, 1.54) is 37.1 Å². The van der Waals surface area contributed by atoms with E-state index in [2.05, 4.69) is 46.0 Å². The molecule has 1 aliphatic rings. The molecule has 0 bridgehead atoms. The third-order valence-electron chi connectivity index (χ3n) is 4.21. The number of hydrogen-bond acceptors (Lipinski definition) is 2. The molecule has 2 aromatic carbocycles. The molecule has 2 aromatic rings. The number of ether oxygens (including phenoxy) is 1. The molecule has 0 amide bonds. The second-order valence-electron chi connectivity index (χ2n) is 5.98. The van der Waals surface area contributed by atoms with Gasteiger partial charge in [-0.05, 0) is 80.4 Å². The lowest BCUT2D eigenvalue weighted by Gasteiger charge is -2.12. The quantitative estimate of drug-likeness (QED) is 0.664. The van der Waals surface area contributed by atoms with Gasteiger partial charge in [-0.25, -0.2) is 0 Å². The standard InChI is InChI=1S/C20H22BrNO/c1-16(12-15-22-13-2-3-14-22)17-4-8-19(9-5-17)23-20-10-6-18(21)7-11-20/h4-12H,2-3,13-15H2,1H3. The molecule has 1 aliphatic heterocycles. The molecule has 0 N–H and O–H groups in total. The molecular weight excluding hydrogens is 350 g/mol. The van der Waals surface area contributed by atoms with Gasteiger partial charge in [0, 0.05) is 11.0 Å². The minimum Gasteiger partial charge on any atom is -0.457 e. The van der Waals surface area contributed by atoms with E-state index in [1.807, 2.05) is 36.4 Å². The van der Waals surface area contributed by atoms with Crippen molar-refractivity contribution >= 4 is 21.5 Å². The Morgan fingerprint density at radius 3 is 2.17 bits per heavy atom. The van der Waals surface area contributed by atoms with Crippen molar-refractivity contribution in [2.75, 3.05) is 19.6 Å². The molecule has 0 spiro atoms. The van der Waals surface area contributed by atoms with Crippen molar-refractivity contribution in [3.63, 3.8) is 0 Å². The van der Waals surface area contributed by atoms with Gasteiger partial charge in [0.1, 0.15) is 11.5 Å². The summed E-state index contributed by atoms with van der Waals surface area (Å²) < 4.78 is 6.92. The molecule has 0 radical (unpaired) electrons. The lowest BCUT2D eigenvalue weighted by atomic mass is 10.1. The predicted molar refractivity (Wildman–Crippen MR) is 100.0 cm³/mol. The highest BCUT2D eigenvalue weighted by atomic mass is 79.9. The molecule has 1 fully saturated rings. The smallest absolute Gasteiger partial charge is 0.127 e. The molecule has 2 nitrogen and oxygen atoms in total. The first-order valence-electron chi connectivity index (χ1n) is 8.14. The molecule has 1 heterocycles. The Hall–Kier alpha value is -1.58. The lowest BCUT2D eigenvalue weighted by molar-refractivity contribution is 0.377. The molecule has 0 aromatic heterocycles. The summed E-state index contributed by atoms with van der Waals surface area (Å²) in [4.78, 5) is 2.51. The first-order chi connectivity index (χ1) is 11.2. The molecule has 0 atom stereocenters. The van der Waals surface area contributed by atoms with Gasteiger partial charge < -0.3 is 4.74 Å². The van der Waals surface area contributed by atoms with Gasteiger partial charge in [-0.1, -0.05) is 34.1 Å². The zero-order valence-electron chi connectivity index (χ0n) is 13.5. The molecular formula is C20H22BrNO. The van der Waals surface area contributed by atoms with Crippen LogP contribution in [0.15, 0.2) is 59.1 Å². The maximum Gasteiger partial charge on any atom is 0.127 e. The fourth-order valence-electron chi connectivity index (χ4n) is 2.77. The van der Waals surface area contributed by atoms with E-state index in [4.69, 9.17) is 4.74 Å². The fourth-order valence-corrected chi connectivity index (χ4v) is 3.04. The summed E-state index contributed by atoms with van der Waals surface area (Å²) >= 11 is 3.43. The fraction of sp³-hybridized carbons (Fsp3) is 0.300. The number of likely N-dealkylation sites (tertiary alicyclic amines) is 1. The van der Waals surface area contributed by atoms with Gasteiger partial charge in [-0.15, -0.1) is 0 Å². The van der Waals surface area contributed by atoms with Crippen LogP contribution in [0.2, 0.25) is 0 Å². The summed E-state index contributed by atoms with van der Waals surface area (Å²) in [6, 6.07) is 16.2. The van der Waals surface area contributed by atoms with Crippen molar-refractivity contribution in [3.05, 3.63) is 64.6 Å². The molecule has 0 aliphatic carbocycles. The van der Waals surface area contributed by atoms with E-state index in [9.17, 15) is 0 Å². The first-order valence-corrected chi connectivity index (χ1v) is 8.93. The van der Waals surface area contributed by atoms with Crippen LogP contribution in [0, 0.1) is 0 Å². The van der Waals surface area contributed by atoms with Gasteiger partial charge in [-0.3, -0.25) is 4.90 Å². The largest absolute Gasteiger partial charge is 0.457 e. The van der Waals surface area contributed by atoms with E-state index in [0.717, 1.165) is 22.5 Å².